The average molecular weight is 383 g/mol. The highest BCUT2D eigenvalue weighted by Gasteiger charge is 2.32. The van der Waals surface area contributed by atoms with Crippen LogP contribution in [0.5, 0.6) is 0 Å². The molecule has 0 aliphatic carbocycles. The molecule has 1 amide bonds. The molecule has 5 nitrogen and oxygen atoms in total. The topological polar surface area (TPSA) is 64.6 Å². The maximum Gasteiger partial charge on any atom is 0.407 e. The van der Waals surface area contributed by atoms with Gasteiger partial charge in [0, 0.05) is 6.04 Å². The molecular weight excluding hydrogens is 354 g/mol. The highest BCUT2D eigenvalue weighted by molar-refractivity contribution is 5.75. The molecule has 0 bridgehead atoms. The molecule has 0 aliphatic heterocycles. The van der Waals surface area contributed by atoms with Gasteiger partial charge in [0.2, 0.25) is 0 Å². The van der Waals surface area contributed by atoms with Crippen LogP contribution in [0.15, 0.2) is 60.7 Å². The molecule has 2 aromatic carbocycles. The zero-order chi connectivity index (χ0) is 20.6. The number of alkyl carbamates (subject to hydrolysis) is 1. The van der Waals surface area contributed by atoms with Crippen molar-refractivity contribution in [3.63, 3.8) is 0 Å². The molecular formula is C23H29NO4. The summed E-state index contributed by atoms with van der Waals surface area (Å²) in [5, 5.41) is 2.90. The summed E-state index contributed by atoms with van der Waals surface area (Å²) in [7, 11) is 1.37. The van der Waals surface area contributed by atoms with Gasteiger partial charge < -0.3 is 14.8 Å². The fourth-order valence-corrected chi connectivity index (χ4v) is 3.03. The Balaban J connectivity index is 2.28. The van der Waals surface area contributed by atoms with Gasteiger partial charge in [-0.3, -0.25) is 4.79 Å². The van der Waals surface area contributed by atoms with Crippen LogP contribution in [0.1, 0.15) is 31.9 Å². The Morgan fingerprint density at radius 2 is 1.39 bits per heavy atom. The van der Waals surface area contributed by atoms with Crippen LogP contribution < -0.4 is 5.32 Å². The van der Waals surface area contributed by atoms with Crippen molar-refractivity contribution in [2.75, 3.05) is 7.11 Å². The minimum atomic E-state index is -0.623. The standard InChI is InChI=1S/C23H29NO4/c1-23(2,3)28-22(26)24-20(16-18-13-9-6-10-14-18)19(21(25)27-4)15-17-11-7-5-8-12-17/h5-14,19-20H,15-16H2,1-4H3,(H,24,26)/t19-,20+/m0/s1. The molecule has 1 N–H and O–H groups in total. The molecule has 150 valence electrons. The largest absolute Gasteiger partial charge is 0.469 e. The van der Waals surface area contributed by atoms with Gasteiger partial charge in [-0.05, 0) is 44.7 Å². The molecule has 0 aliphatic rings. The quantitative estimate of drug-likeness (QED) is 0.730. The summed E-state index contributed by atoms with van der Waals surface area (Å²) in [4.78, 5) is 25.0. The van der Waals surface area contributed by atoms with Crippen LogP contribution >= 0.6 is 0 Å². The van der Waals surface area contributed by atoms with Crippen molar-refractivity contribution in [2.24, 2.45) is 5.92 Å². The molecule has 0 radical (unpaired) electrons. The molecule has 5 heteroatoms. The third-order valence-electron chi connectivity index (χ3n) is 4.29. The lowest BCUT2D eigenvalue weighted by atomic mass is 9.88. The first-order valence-corrected chi connectivity index (χ1v) is 9.43. The molecule has 0 spiro atoms. The first-order valence-electron chi connectivity index (χ1n) is 9.43. The molecule has 0 aromatic heterocycles. The summed E-state index contributed by atoms with van der Waals surface area (Å²) in [6.07, 6.45) is 0.406. The van der Waals surface area contributed by atoms with Crippen LogP contribution in [0.2, 0.25) is 0 Å². The van der Waals surface area contributed by atoms with Gasteiger partial charge in [-0.25, -0.2) is 4.79 Å². The molecule has 0 saturated carbocycles. The number of nitrogens with one attached hydrogen (secondary N) is 1. The molecule has 28 heavy (non-hydrogen) atoms. The third kappa shape index (κ3) is 7.06. The van der Waals surface area contributed by atoms with Crippen LogP contribution in [0.25, 0.3) is 0 Å². The van der Waals surface area contributed by atoms with E-state index in [1.165, 1.54) is 7.11 Å². The Morgan fingerprint density at radius 3 is 1.86 bits per heavy atom. The van der Waals surface area contributed by atoms with Crippen molar-refractivity contribution >= 4 is 12.1 Å². The minimum Gasteiger partial charge on any atom is -0.469 e. The Morgan fingerprint density at radius 1 is 0.893 bits per heavy atom. The van der Waals surface area contributed by atoms with E-state index in [9.17, 15) is 9.59 Å². The van der Waals surface area contributed by atoms with Gasteiger partial charge in [0.1, 0.15) is 5.60 Å². The predicted molar refractivity (Wildman–Crippen MR) is 109 cm³/mol. The Bertz CT molecular complexity index is 753. The fraction of sp³-hybridized carbons (Fsp3) is 0.391. The second-order valence-corrected chi connectivity index (χ2v) is 7.76. The van der Waals surface area contributed by atoms with Gasteiger partial charge in [0.15, 0.2) is 0 Å². The second-order valence-electron chi connectivity index (χ2n) is 7.76. The van der Waals surface area contributed by atoms with Crippen molar-refractivity contribution in [3.8, 4) is 0 Å². The predicted octanol–water partition coefficient (Wildman–Crippen LogP) is 4.15. The number of carbonyl (C=O) groups is 2. The van der Waals surface area contributed by atoms with Crippen LogP contribution in [0.4, 0.5) is 4.79 Å². The molecule has 2 atom stereocenters. The number of hydrogen-bond acceptors (Lipinski definition) is 4. The fourth-order valence-electron chi connectivity index (χ4n) is 3.03. The van der Waals surface area contributed by atoms with Gasteiger partial charge >= 0.3 is 12.1 Å². The first-order chi connectivity index (χ1) is 13.3. The van der Waals surface area contributed by atoms with E-state index in [2.05, 4.69) is 5.32 Å². The van der Waals surface area contributed by atoms with Crippen LogP contribution in [0, 0.1) is 5.92 Å². The lowest BCUT2D eigenvalue weighted by molar-refractivity contribution is -0.146. The van der Waals surface area contributed by atoms with E-state index in [0.29, 0.717) is 12.8 Å². The van der Waals surface area contributed by atoms with E-state index in [0.717, 1.165) is 11.1 Å². The highest BCUT2D eigenvalue weighted by atomic mass is 16.6. The summed E-state index contributed by atoms with van der Waals surface area (Å²) in [6.45, 7) is 5.42. The van der Waals surface area contributed by atoms with Crippen molar-refractivity contribution in [1.29, 1.82) is 0 Å². The number of benzene rings is 2. The van der Waals surface area contributed by atoms with Crippen molar-refractivity contribution in [3.05, 3.63) is 71.8 Å². The van der Waals surface area contributed by atoms with Gasteiger partial charge in [-0.2, -0.15) is 0 Å². The second kappa shape index (κ2) is 9.93. The number of carbonyl (C=O) groups excluding carboxylic acids is 2. The number of esters is 1. The molecule has 2 aromatic rings. The van der Waals surface area contributed by atoms with Gasteiger partial charge in [0.25, 0.3) is 0 Å². The number of methoxy groups -OCH3 is 1. The number of hydrogen-bond donors (Lipinski definition) is 1. The van der Waals surface area contributed by atoms with Gasteiger partial charge in [-0.15, -0.1) is 0 Å². The van der Waals surface area contributed by atoms with E-state index >= 15 is 0 Å². The summed E-state index contributed by atoms with van der Waals surface area (Å²) in [5.74, 6) is -0.902. The summed E-state index contributed by atoms with van der Waals surface area (Å²) in [6, 6.07) is 19.0. The number of ether oxygens (including phenoxy) is 2. The Labute approximate surface area is 167 Å². The number of amides is 1. The van der Waals surface area contributed by atoms with E-state index in [-0.39, 0.29) is 5.97 Å². The van der Waals surface area contributed by atoms with Crippen LogP contribution in [-0.4, -0.2) is 30.8 Å². The summed E-state index contributed by atoms with van der Waals surface area (Å²) in [5.41, 5.74) is 1.40. The molecule has 2 rings (SSSR count). The summed E-state index contributed by atoms with van der Waals surface area (Å²) >= 11 is 0. The zero-order valence-corrected chi connectivity index (χ0v) is 17.0. The normalized spacial score (nSPS) is 13.3. The smallest absolute Gasteiger partial charge is 0.407 e. The Hall–Kier alpha value is -2.82. The van der Waals surface area contributed by atoms with Crippen LogP contribution in [-0.2, 0) is 27.1 Å². The maximum absolute atomic E-state index is 12.6. The minimum absolute atomic E-state index is 0.360. The van der Waals surface area contributed by atoms with E-state index in [1.54, 1.807) is 20.8 Å². The van der Waals surface area contributed by atoms with Crippen molar-refractivity contribution < 1.29 is 19.1 Å². The number of rotatable bonds is 7. The molecule has 0 unspecified atom stereocenters. The van der Waals surface area contributed by atoms with E-state index < -0.39 is 23.7 Å². The Kier molecular flexibility index (Phi) is 7.61. The summed E-state index contributed by atoms with van der Waals surface area (Å²) < 4.78 is 10.5. The van der Waals surface area contributed by atoms with Gasteiger partial charge in [0.05, 0.1) is 13.0 Å². The molecule has 0 saturated heterocycles. The molecule has 0 fully saturated rings. The first kappa shape index (κ1) is 21.5. The van der Waals surface area contributed by atoms with Crippen molar-refractivity contribution in [1.82, 2.24) is 5.32 Å². The van der Waals surface area contributed by atoms with Crippen molar-refractivity contribution in [2.45, 2.75) is 45.3 Å². The molecule has 0 heterocycles. The lowest BCUT2D eigenvalue weighted by Gasteiger charge is -2.28. The SMILES string of the molecule is COC(=O)[C@@H](Cc1ccccc1)[C@@H](Cc1ccccc1)NC(=O)OC(C)(C)C. The average Bonchev–Trinajstić information content (AvgIpc) is 2.65. The zero-order valence-electron chi connectivity index (χ0n) is 17.0. The monoisotopic (exact) mass is 383 g/mol. The van der Waals surface area contributed by atoms with E-state index in [4.69, 9.17) is 9.47 Å². The van der Waals surface area contributed by atoms with Gasteiger partial charge in [-0.1, -0.05) is 60.7 Å². The maximum atomic E-state index is 12.6. The van der Waals surface area contributed by atoms with Crippen LogP contribution in [0.3, 0.4) is 0 Å². The van der Waals surface area contributed by atoms with E-state index in [1.807, 2.05) is 60.7 Å². The lowest BCUT2D eigenvalue weighted by Crippen LogP contribution is -2.47. The third-order valence-corrected chi connectivity index (χ3v) is 4.29. The highest BCUT2D eigenvalue weighted by Crippen LogP contribution is 2.19.